The first kappa shape index (κ1) is 40.3. The van der Waals surface area contributed by atoms with Crippen LogP contribution in [0.5, 0.6) is 0 Å². The van der Waals surface area contributed by atoms with Crippen LogP contribution < -0.4 is 4.90 Å². The molecule has 70 heavy (non-hydrogen) atoms. The summed E-state index contributed by atoms with van der Waals surface area (Å²) in [6.07, 6.45) is 0. The highest BCUT2D eigenvalue weighted by molar-refractivity contribution is 7.25. The van der Waals surface area contributed by atoms with E-state index in [0.717, 1.165) is 17.1 Å². The minimum absolute atomic E-state index is 0.488. The second kappa shape index (κ2) is 16.2. The van der Waals surface area contributed by atoms with E-state index in [0.29, 0.717) is 0 Å². The third kappa shape index (κ3) is 6.25. The highest BCUT2D eigenvalue weighted by atomic mass is 32.1. The van der Waals surface area contributed by atoms with Crippen LogP contribution in [-0.2, 0) is 5.41 Å². The summed E-state index contributed by atoms with van der Waals surface area (Å²) in [4.78, 5) is 2.40. The Kier molecular flexibility index (Phi) is 9.33. The molecule has 0 radical (unpaired) electrons. The first-order chi connectivity index (χ1) is 34.7. The van der Waals surface area contributed by atoms with E-state index in [9.17, 15) is 0 Å². The Morgan fingerprint density at radius 3 is 1.67 bits per heavy atom. The Hall–Kier alpha value is -8.76. The van der Waals surface area contributed by atoms with Crippen LogP contribution in [0.25, 0.3) is 81.0 Å². The third-order valence-corrected chi connectivity index (χ3v) is 15.8. The summed E-state index contributed by atoms with van der Waals surface area (Å²) in [5.41, 5.74) is 18.8. The molecule has 2 nitrogen and oxygen atoms in total. The van der Waals surface area contributed by atoms with Gasteiger partial charge in [-0.3, -0.25) is 0 Å². The summed E-state index contributed by atoms with van der Waals surface area (Å²) in [5.74, 6) is 0. The van der Waals surface area contributed by atoms with Crippen LogP contribution in [0.4, 0.5) is 17.1 Å². The molecular formula is C67H44N2S. The number of benzene rings is 11. The monoisotopic (exact) mass is 908 g/mol. The van der Waals surface area contributed by atoms with Gasteiger partial charge in [0.25, 0.3) is 0 Å². The van der Waals surface area contributed by atoms with Gasteiger partial charge in [0.15, 0.2) is 0 Å². The summed E-state index contributed by atoms with van der Waals surface area (Å²) in [6, 6.07) is 98.5. The maximum atomic E-state index is 2.44. The van der Waals surface area contributed by atoms with Crippen LogP contribution >= 0.6 is 11.3 Å². The van der Waals surface area contributed by atoms with Crippen LogP contribution in [-0.4, -0.2) is 4.57 Å². The number of nitrogens with zero attached hydrogens (tertiary/aromatic N) is 2. The zero-order chi connectivity index (χ0) is 46.2. The number of fused-ring (bicyclic) bond motifs is 9. The predicted octanol–water partition coefficient (Wildman–Crippen LogP) is 18.3. The van der Waals surface area contributed by atoms with Crippen molar-refractivity contribution in [1.82, 2.24) is 4.57 Å². The average Bonchev–Trinajstić information content (AvgIpc) is 4.08. The zero-order valence-corrected chi connectivity index (χ0v) is 39.0. The van der Waals surface area contributed by atoms with E-state index in [4.69, 9.17) is 0 Å². The van der Waals surface area contributed by atoms with E-state index in [2.05, 4.69) is 276 Å². The maximum absolute atomic E-state index is 2.44. The van der Waals surface area contributed by atoms with Gasteiger partial charge in [-0.15, -0.1) is 11.3 Å². The van der Waals surface area contributed by atoms with Crippen LogP contribution in [0.1, 0.15) is 22.3 Å². The van der Waals surface area contributed by atoms with Gasteiger partial charge in [-0.05, 0) is 141 Å². The minimum Gasteiger partial charge on any atom is -0.310 e. The van der Waals surface area contributed by atoms with Gasteiger partial charge in [0.2, 0.25) is 0 Å². The highest BCUT2D eigenvalue weighted by Gasteiger charge is 2.46. The Bertz CT molecular complexity index is 4070. The lowest BCUT2D eigenvalue weighted by Crippen LogP contribution is -2.28. The van der Waals surface area contributed by atoms with E-state index < -0.39 is 5.41 Å². The number of para-hydroxylation sites is 2. The van der Waals surface area contributed by atoms with Gasteiger partial charge in [-0.1, -0.05) is 182 Å². The number of thiophene rings is 1. The minimum atomic E-state index is -0.488. The van der Waals surface area contributed by atoms with Crippen molar-refractivity contribution in [2.24, 2.45) is 0 Å². The SMILES string of the molecule is c1ccc(N(c2ccc(-c3cccc(-c4ccc5c(c4)c4ccccc4n5-c4ccc5sc6ccccc6c5c4)c3)cc2)c2ccc3c(c2)C(c2ccccc2)(c2ccccc2)c2ccccc2-3)cc1. The molecule has 0 spiro atoms. The molecule has 3 heteroatoms. The predicted molar refractivity (Wildman–Crippen MR) is 297 cm³/mol. The summed E-state index contributed by atoms with van der Waals surface area (Å²) in [6.45, 7) is 0. The van der Waals surface area contributed by atoms with Crippen LogP contribution in [0.15, 0.2) is 267 Å². The quantitative estimate of drug-likeness (QED) is 0.147. The van der Waals surface area contributed by atoms with Gasteiger partial charge in [0.1, 0.15) is 0 Å². The number of rotatable bonds is 8. The first-order valence-corrected chi connectivity index (χ1v) is 24.9. The van der Waals surface area contributed by atoms with E-state index in [-0.39, 0.29) is 0 Å². The molecule has 2 heterocycles. The van der Waals surface area contributed by atoms with Gasteiger partial charge in [-0.25, -0.2) is 0 Å². The van der Waals surface area contributed by atoms with Crippen LogP contribution in [0.2, 0.25) is 0 Å². The second-order valence-electron chi connectivity index (χ2n) is 18.4. The molecule has 328 valence electrons. The lowest BCUT2D eigenvalue weighted by atomic mass is 9.67. The second-order valence-corrected chi connectivity index (χ2v) is 19.5. The number of hydrogen-bond acceptors (Lipinski definition) is 2. The molecule has 0 saturated heterocycles. The molecule has 0 atom stereocenters. The molecule has 0 bridgehead atoms. The highest BCUT2D eigenvalue weighted by Crippen LogP contribution is 2.57. The Morgan fingerprint density at radius 2 is 0.886 bits per heavy atom. The summed E-state index contributed by atoms with van der Waals surface area (Å²) in [5, 5.41) is 5.12. The van der Waals surface area contributed by atoms with Gasteiger partial charge in [0.05, 0.1) is 16.4 Å². The van der Waals surface area contributed by atoms with Crippen molar-refractivity contribution >= 4 is 70.4 Å². The van der Waals surface area contributed by atoms with Crippen molar-refractivity contribution in [1.29, 1.82) is 0 Å². The largest absolute Gasteiger partial charge is 0.310 e. The van der Waals surface area contributed by atoms with Gasteiger partial charge >= 0.3 is 0 Å². The normalized spacial score (nSPS) is 12.7. The number of anilines is 3. The third-order valence-electron chi connectivity index (χ3n) is 14.7. The van der Waals surface area contributed by atoms with E-state index >= 15 is 0 Å². The Morgan fingerprint density at radius 1 is 0.314 bits per heavy atom. The lowest BCUT2D eigenvalue weighted by molar-refractivity contribution is 0.768. The average molecular weight is 909 g/mol. The summed E-state index contributed by atoms with van der Waals surface area (Å²) >= 11 is 1.86. The molecule has 14 rings (SSSR count). The van der Waals surface area contributed by atoms with Gasteiger partial charge in [0, 0.05) is 53.7 Å². The Balaban J connectivity index is 0.842. The fraction of sp³-hybridized carbons (Fsp3) is 0.0149. The Labute approximate surface area is 411 Å². The molecule has 0 aliphatic heterocycles. The number of hydrogen-bond donors (Lipinski definition) is 0. The molecule has 2 aromatic heterocycles. The fourth-order valence-corrected chi connectivity index (χ4v) is 12.6. The van der Waals surface area contributed by atoms with Gasteiger partial charge in [-0.2, -0.15) is 0 Å². The molecule has 0 fully saturated rings. The fourth-order valence-electron chi connectivity index (χ4n) is 11.6. The van der Waals surface area contributed by atoms with E-state index in [1.165, 1.54) is 103 Å². The van der Waals surface area contributed by atoms with E-state index in [1.54, 1.807) is 0 Å². The van der Waals surface area contributed by atoms with Crippen molar-refractivity contribution in [3.63, 3.8) is 0 Å². The molecular weight excluding hydrogens is 865 g/mol. The van der Waals surface area contributed by atoms with Crippen molar-refractivity contribution in [2.45, 2.75) is 5.41 Å². The molecule has 13 aromatic rings. The van der Waals surface area contributed by atoms with Gasteiger partial charge < -0.3 is 9.47 Å². The molecule has 0 unspecified atom stereocenters. The van der Waals surface area contributed by atoms with E-state index in [1.807, 2.05) is 11.3 Å². The molecule has 11 aromatic carbocycles. The molecule has 1 aliphatic rings. The smallest absolute Gasteiger partial charge is 0.0714 e. The van der Waals surface area contributed by atoms with Crippen LogP contribution in [0, 0.1) is 0 Å². The van der Waals surface area contributed by atoms with Crippen molar-refractivity contribution in [2.75, 3.05) is 4.90 Å². The van der Waals surface area contributed by atoms with Crippen molar-refractivity contribution < 1.29 is 0 Å². The van der Waals surface area contributed by atoms with Crippen LogP contribution in [0.3, 0.4) is 0 Å². The topological polar surface area (TPSA) is 8.17 Å². The molecule has 0 N–H and O–H groups in total. The first-order valence-electron chi connectivity index (χ1n) is 24.1. The summed E-state index contributed by atoms with van der Waals surface area (Å²) < 4.78 is 5.07. The van der Waals surface area contributed by atoms with Crippen molar-refractivity contribution in [3.05, 3.63) is 289 Å². The maximum Gasteiger partial charge on any atom is 0.0714 e. The lowest BCUT2D eigenvalue weighted by Gasteiger charge is -2.35. The molecule has 1 aliphatic carbocycles. The summed E-state index contributed by atoms with van der Waals surface area (Å²) in [7, 11) is 0. The standard InChI is InChI=1S/C67H44N2S/c1-4-19-49(20-5-1)67(50-21-6-2-7-22-50)61-28-13-10-25-55(61)56-38-36-54(44-62(56)67)68(51-23-8-3-9-24-51)52-34-31-45(32-35-52)46-17-16-18-47(41-46)48-33-39-64-59(42-48)57-26-11-14-29-63(57)69(64)53-37-40-66-60(43-53)58-27-12-15-30-65(58)70-66/h1-44H. The molecule has 0 amide bonds. The zero-order valence-electron chi connectivity index (χ0n) is 38.2. The number of aromatic nitrogens is 1. The van der Waals surface area contributed by atoms with Crippen molar-refractivity contribution in [3.8, 4) is 39.1 Å². The molecule has 0 saturated carbocycles.